The normalized spacial score (nSPS) is 13.0. The van der Waals surface area contributed by atoms with Crippen LogP contribution in [0.5, 0.6) is 23.0 Å². The highest BCUT2D eigenvalue weighted by Gasteiger charge is 2.17. The smallest absolute Gasteiger partial charge is 0.331 e. The van der Waals surface area contributed by atoms with Crippen molar-refractivity contribution in [2.45, 2.75) is 19.6 Å². The lowest BCUT2D eigenvalue weighted by molar-refractivity contribution is -0.150. The summed E-state index contributed by atoms with van der Waals surface area (Å²) >= 11 is 0. The van der Waals surface area contributed by atoms with Gasteiger partial charge in [-0.15, -0.1) is 0 Å². The van der Waals surface area contributed by atoms with Crippen LogP contribution in [0.2, 0.25) is 0 Å². The summed E-state index contributed by atoms with van der Waals surface area (Å²) in [4.78, 5) is 24.3. The Morgan fingerprint density at radius 3 is 2.67 bits per heavy atom. The monoisotopic (exact) mass is 413 g/mol. The predicted octanol–water partition coefficient (Wildman–Crippen LogP) is 2.69. The highest BCUT2D eigenvalue weighted by atomic mass is 16.7. The fourth-order valence-corrected chi connectivity index (χ4v) is 2.76. The van der Waals surface area contributed by atoms with Crippen molar-refractivity contribution in [3.05, 3.63) is 53.6 Å². The van der Waals surface area contributed by atoms with E-state index in [9.17, 15) is 9.59 Å². The van der Waals surface area contributed by atoms with E-state index in [1.54, 1.807) is 43.5 Å². The van der Waals surface area contributed by atoms with Gasteiger partial charge in [-0.05, 0) is 42.8 Å². The number of ether oxygens (including phenoxy) is 5. The third-order valence-electron chi connectivity index (χ3n) is 4.41. The Morgan fingerprint density at radius 1 is 1.10 bits per heavy atom. The molecule has 0 radical (unpaired) electrons. The largest absolute Gasteiger partial charge is 0.497 e. The summed E-state index contributed by atoms with van der Waals surface area (Å²) in [6, 6.07) is 10.6. The average Bonchev–Trinajstić information content (AvgIpc) is 3.23. The van der Waals surface area contributed by atoms with Gasteiger partial charge in [-0.1, -0.05) is 6.07 Å². The minimum atomic E-state index is -0.950. The van der Waals surface area contributed by atoms with E-state index in [1.165, 1.54) is 20.1 Å². The van der Waals surface area contributed by atoms with Crippen molar-refractivity contribution in [3.8, 4) is 23.0 Å². The molecule has 3 rings (SSSR count). The molecule has 0 aromatic heterocycles. The molecule has 0 bridgehead atoms. The molecule has 2 aromatic carbocycles. The highest BCUT2D eigenvalue weighted by molar-refractivity contribution is 5.90. The highest BCUT2D eigenvalue weighted by Crippen LogP contribution is 2.32. The summed E-state index contributed by atoms with van der Waals surface area (Å²) < 4.78 is 26.1. The van der Waals surface area contributed by atoms with Crippen LogP contribution in [0.15, 0.2) is 42.5 Å². The maximum atomic E-state index is 12.2. The number of esters is 1. The number of methoxy groups -OCH3 is 2. The lowest BCUT2D eigenvalue weighted by Crippen LogP contribution is -2.35. The van der Waals surface area contributed by atoms with Gasteiger partial charge in [0.1, 0.15) is 11.5 Å². The number of carbonyl (C=O) groups is 2. The van der Waals surface area contributed by atoms with Gasteiger partial charge in [-0.3, -0.25) is 4.79 Å². The van der Waals surface area contributed by atoms with E-state index < -0.39 is 18.0 Å². The van der Waals surface area contributed by atoms with E-state index in [0.29, 0.717) is 28.6 Å². The average molecular weight is 413 g/mol. The quantitative estimate of drug-likeness (QED) is 0.525. The Kier molecular flexibility index (Phi) is 6.79. The molecule has 1 amide bonds. The Bertz CT molecular complexity index is 954. The molecule has 30 heavy (non-hydrogen) atoms. The maximum absolute atomic E-state index is 12.2. The first-order valence-corrected chi connectivity index (χ1v) is 9.27. The third kappa shape index (κ3) is 5.22. The third-order valence-corrected chi connectivity index (χ3v) is 4.41. The number of hydrogen-bond donors (Lipinski definition) is 1. The number of benzene rings is 2. The van der Waals surface area contributed by atoms with Gasteiger partial charge in [0.2, 0.25) is 6.79 Å². The molecule has 1 atom stereocenters. The number of rotatable bonds is 8. The Hall–Kier alpha value is -3.68. The van der Waals surface area contributed by atoms with Gasteiger partial charge < -0.3 is 29.0 Å². The van der Waals surface area contributed by atoms with Crippen molar-refractivity contribution in [1.29, 1.82) is 0 Å². The molecule has 1 N–H and O–H groups in total. The van der Waals surface area contributed by atoms with Gasteiger partial charge in [-0.2, -0.15) is 0 Å². The lowest BCUT2D eigenvalue weighted by atomic mass is 10.1. The lowest BCUT2D eigenvalue weighted by Gasteiger charge is -2.12. The van der Waals surface area contributed by atoms with Crippen molar-refractivity contribution < 1.29 is 33.3 Å². The van der Waals surface area contributed by atoms with Crippen molar-refractivity contribution in [2.75, 3.05) is 21.0 Å². The number of nitrogens with one attached hydrogen (secondary N) is 1. The van der Waals surface area contributed by atoms with E-state index in [0.717, 1.165) is 5.56 Å². The molecule has 0 aliphatic carbocycles. The first-order chi connectivity index (χ1) is 14.5. The van der Waals surface area contributed by atoms with Crippen LogP contribution in [0.4, 0.5) is 0 Å². The molecule has 0 fully saturated rings. The number of hydrogen-bond acceptors (Lipinski definition) is 7. The van der Waals surface area contributed by atoms with Crippen LogP contribution in [-0.4, -0.2) is 39.0 Å². The second-order valence-corrected chi connectivity index (χ2v) is 6.43. The zero-order valence-corrected chi connectivity index (χ0v) is 17.0. The van der Waals surface area contributed by atoms with Gasteiger partial charge in [0, 0.05) is 24.3 Å². The molecule has 2 aromatic rings. The van der Waals surface area contributed by atoms with Crippen molar-refractivity contribution in [1.82, 2.24) is 5.32 Å². The van der Waals surface area contributed by atoms with Crippen LogP contribution in [0.25, 0.3) is 6.08 Å². The molecule has 0 saturated carbocycles. The van der Waals surface area contributed by atoms with E-state index in [2.05, 4.69) is 5.32 Å². The number of carbonyl (C=O) groups excluding carboxylic acids is 2. The first kappa shape index (κ1) is 21.0. The van der Waals surface area contributed by atoms with Gasteiger partial charge in [0.05, 0.1) is 14.2 Å². The molecule has 8 nitrogen and oxygen atoms in total. The van der Waals surface area contributed by atoms with Crippen molar-refractivity contribution in [3.63, 3.8) is 0 Å². The van der Waals surface area contributed by atoms with Crippen LogP contribution in [-0.2, 0) is 20.9 Å². The SMILES string of the molecule is COc1ccc(/C=C/C(=O)O[C@H](C)C(=O)NCc2ccc3c(c2)OCO3)c(OC)c1. The zero-order chi connectivity index (χ0) is 21.5. The van der Waals surface area contributed by atoms with Gasteiger partial charge in [0.25, 0.3) is 5.91 Å². The second kappa shape index (κ2) is 9.69. The molecular weight excluding hydrogens is 390 g/mol. The zero-order valence-electron chi connectivity index (χ0n) is 17.0. The van der Waals surface area contributed by atoms with Crippen molar-refractivity contribution in [2.24, 2.45) is 0 Å². The summed E-state index contributed by atoms with van der Waals surface area (Å²) in [5.41, 5.74) is 1.52. The summed E-state index contributed by atoms with van der Waals surface area (Å²) in [5, 5.41) is 2.73. The van der Waals surface area contributed by atoms with Crippen LogP contribution < -0.4 is 24.3 Å². The summed E-state index contributed by atoms with van der Waals surface area (Å²) in [6.07, 6.45) is 1.85. The fraction of sp³-hybridized carbons (Fsp3) is 0.273. The molecule has 0 unspecified atom stereocenters. The summed E-state index contributed by atoms with van der Waals surface area (Å²) in [7, 11) is 3.08. The van der Waals surface area contributed by atoms with E-state index in [-0.39, 0.29) is 13.3 Å². The molecule has 0 spiro atoms. The van der Waals surface area contributed by atoms with Crippen LogP contribution in [0.3, 0.4) is 0 Å². The fourth-order valence-electron chi connectivity index (χ4n) is 2.76. The molecule has 8 heteroatoms. The van der Waals surface area contributed by atoms with Gasteiger partial charge >= 0.3 is 5.97 Å². The predicted molar refractivity (Wildman–Crippen MR) is 109 cm³/mol. The molecular formula is C22H23NO7. The number of amides is 1. The Balaban J connectivity index is 1.51. The van der Waals surface area contributed by atoms with E-state index in [4.69, 9.17) is 23.7 Å². The van der Waals surface area contributed by atoms with Crippen LogP contribution in [0.1, 0.15) is 18.1 Å². The molecule has 1 aliphatic heterocycles. The standard InChI is InChI=1S/C22H23NO7/c1-14(22(25)23-12-15-4-8-18-20(10-15)29-13-28-18)30-21(24)9-6-16-5-7-17(26-2)11-19(16)27-3/h4-11,14H,12-13H2,1-3H3,(H,23,25)/b9-6+/t14-/m1/s1. The summed E-state index contributed by atoms with van der Waals surface area (Å²) in [5.74, 6) is 1.45. The first-order valence-electron chi connectivity index (χ1n) is 9.27. The van der Waals surface area contributed by atoms with E-state index in [1.807, 2.05) is 6.07 Å². The summed E-state index contributed by atoms with van der Waals surface area (Å²) in [6.45, 7) is 1.97. The number of fused-ring (bicyclic) bond motifs is 1. The van der Waals surface area contributed by atoms with Crippen LogP contribution >= 0.6 is 0 Å². The second-order valence-electron chi connectivity index (χ2n) is 6.43. The Morgan fingerprint density at radius 2 is 1.90 bits per heavy atom. The Labute approximate surface area is 174 Å². The minimum absolute atomic E-state index is 0.189. The van der Waals surface area contributed by atoms with Crippen LogP contribution in [0, 0.1) is 0 Å². The topological polar surface area (TPSA) is 92.3 Å². The molecule has 0 saturated heterocycles. The van der Waals surface area contributed by atoms with Crippen molar-refractivity contribution >= 4 is 18.0 Å². The minimum Gasteiger partial charge on any atom is -0.497 e. The van der Waals surface area contributed by atoms with Gasteiger partial charge in [-0.25, -0.2) is 4.79 Å². The van der Waals surface area contributed by atoms with Gasteiger partial charge in [0.15, 0.2) is 17.6 Å². The molecule has 1 heterocycles. The maximum Gasteiger partial charge on any atom is 0.331 e. The molecule has 158 valence electrons. The molecule has 1 aliphatic rings. The van der Waals surface area contributed by atoms with E-state index >= 15 is 0 Å².